The molecule has 0 aliphatic heterocycles. The molecule has 1 nitrogen and oxygen atoms in total. The summed E-state index contributed by atoms with van der Waals surface area (Å²) in [4.78, 5) is 12.4. The number of halogens is 1. The van der Waals surface area contributed by atoms with E-state index in [1.54, 1.807) is 12.1 Å². The van der Waals surface area contributed by atoms with Gasteiger partial charge in [-0.15, -0.1) is 0 Å². The summed E-state index contributed by atoms with van der Waals surface area (Å²) in [7, 11) is 0. The molecule has 1 atom stereocenters. The van der Waals surface area contributed by atoms with Crippen molar-refractivity contribution < 1.29 is 9.18 Å². The Morgan fingerprint density at radius 3 is 2.22 bits per heavy atom. The highest BCUT2D eigenvalue weighted by Crippen LogP contribution is 2.24. The van der Waals surface area contributed by atoms with Crippen molar-refractivity contribution in [1.29, 1.82) is 0 Å². The predicted molar refractivity (Wildman–Crippen MR) is 70.2 cm³/mol. The quantitative estimate of drug-likeness (QED) is 0.734. The van der Waals surface area contributed by atoms with E-state index in [-0.39, 0.29) is 17.5 Å². The first-order chi connectivity index (χ1) is 8.72. The maximum Gasteiger partial charge on any atom is 0.170 e. The van der Waals surface area contributed by atoms with Gasteiger partial charge in [0.25, 0.3) is 0 Å². The summed E-state index contributed by atoms with van der Waals surface area (Å²) in [5, 5.41) is 0. The first-order valence-electron chi connectivity index (χ1n) is 6.07. The monoisotopic (exact) mass is 242 g/mol. The van der Waals surface area contributed by atoms with Crippen molar-refractivity contribution in [3.63, 3.8) is 0 Å². The lowest BCUT2D eigenvalue weighted by molar-refractivity contribution is 0.0957. The van der Waals surface area contributed by atoms with Gasteiger partial charge in [-0.3, -0.25) is 4.79 Å². The van der Waals surface area contributed by atoms with Crippen LogP contribution in [0.15, 0.2) is 54.6 Å². The minimum atomic E-state index is -0.277. The minimum absolute atomic E-state index is 0.0877. The highest BCUT2D eigenvalue weighted by atomic mass is 19.1. The summed E-state index contributed by atoms with van der Waals surface area (Å²) in [6, 6.07) is 15.4. The molecule has 0 amide bonds. The van der Waals surface area contributed by atoms with E-state index in [1.165, 1.54) is 12.1 Å². The summed E-state index contributed by atoms with van der Waals surface area (Å²) in [6.45, 7) is 1.97. The average Bonchev–Trinajstić information content (AvgIpc) is 2.42. The zero-order chi connectivity index (χ0) is 13.0. The SMILES string of the molecule is CCC(C(=O)c1ccccc1)c1ccc(F)cc1. The maximum atomic E-state index is 12.9. The number of carbonyl (C=O) groups is 1. The van der Waals surface area contributed by atoms with Crippen LogP contribution in [0.3, 0.4) is 0 Å². The Morgan fingerprint density at radius 1 is 1.06 bits per heavy atom. The van der Waals surface area contributed by atoms with E-state index in [2.05, 4.69) is 0 Å². The molecular formula is C16H15FO. The molecule has 0 aromatic heterocycles. The number of hydrogen-bond acceptors (Lipinski definition) is 1. The Labute approximate surface area is 106 Å². The number of rotatable bonds is 4. The third kappa shape index (κ3) is 2.65. The van der Waals surface area contributed by atoms with Crippen molar-refractivity contribution in [3.8, 4) is 0 Å². The topological polar surface area (TPSA) is 17.1 Å². The van der Waals surface area contributed by atoms with E-state index >= 15 is 0 Å². The standard InChI is InChI=1S/C16H15FO/c1-2-15(12-8-10-14(17)11-9-12)16(18)13-6-4-3-5-7-13/h3-11,15H,2H2,1H3. The van der Waals surface area contributed by atoms with E-state index in [9.17, 15) is 9.18 Å². The summed E-state index contributed by atoms with van der Waals surface area (Å²) in [5.41, 5.74) is 1.57. The molecule has 0 fully saturated rings. The Bertz CT molecular complexity index is 517. The van der Waals surface area contributed by atoms with Crippen LogP contribution in [0.25, 0.3) is 0 Å². The van der Waals surface area contributed by atoms with Crippen LogP contribution in [0.1, 0.15) is 35.2 Å². The summed E-state index contributed by atoms with van der Waals surface area (Å²) in [5.74, 6) is -0.390. The van der Waals surface area contributed by atoms with Crippen molar-refractivity contribution >= 4 is 5.78 Å². The number of hydrogen-bond donors (Lipinski definition) is 0. The fourth-order valence-electron chi connectivity index (χ4n) is 2.07. The highest BCUT2D eigenvalue weighted by Gasteiger charge is 2.19. The Kier molecular flexibility index (Phi) is 3.88. The van der Waals surface area contributed by atoms with Crippen LogP contribution in [0, 0.1) is 5.82 Å². The molecule has 1 unspecified atom stereocenters. The van der Waals surface area contributed by atoms with Crippen LogP contribution in [0.4, 0.5) is 4.39 Å². The second-order valence-electron chi connectivity index (χ2n) is 4.24. The molecule has 2 aromatic carbocycles. The molecule has 92 valence electrons. The normalized spacial score (nSPS) is 12.1. The van der Waals surface area contributed by atoms with Gasteiger partial charge in [-0.1, -0.05) is 49.4 Å². The van der Waals surface area contributed by atoms with E-state index in [0.29, 0.717) is 12.0 Å². The van der Waals surface area contributed by atoms with E-state index in [4.69, 9.17) is 0 Å². The van der Waals surface area contributed by atoms with Gasteiger partial charge < -0.3 is 0 Å². The van der Waals surface area contributed by atoms with Gasteiger partial charge in [-0.05, 0) is 24.1 Å². The molecule has 0 heterocycles. The molecule has 0 aliphatic rings. The van der Waals surface area contributed by atoms with Gasteiger partial charge in [0.2, 0.25) is 0 Å². The summed E-state index contributed by atoms with van der Waals surface area (Å²) < 4.78 is 12.9. The van der Waals surface area contributed by atoms with Crippen molar-refractivity contribution in [2.45, 2.75) is 19.3 Å². The van der Waals surface area contributed by atoms with Crippen molar-refractivity contribution in [2.24, 2.45) is 0 Å². The van der Waals surface area contributed by atoms with E-state index in [1.807, 2.05) is 37.3 Å². The van der Waals surface area contributed by atoms with Crippen LogP contribution in [0.2, 0.25) is 0 Å². The molecule has 0 N–H and O–H groups in total. The molecule has 0 saturated heterocycles. The van der Waals surface area contributed by atoms with Crippen molar-refractivity contribution in [2.75, 3.05) is 0 Å². The Balaban J connectivity index is 2.29. The molecule has 2 aromatic rings. The fourth-order valence-corrected chi connectivity index (χ4v) is 2.07. The smallest absolute Gasteiger partial charge is 0.170 e. The lowest BCUT2D eigenvalue weighted by atomic mass is 9.89. The fraction of sp³-hybridized carbons (Fsp3) is 0.188. The third-order valence-corrected chi connectivity index (χ3v) is 3.06. The second-order valence-corrected chi connectivity index (χ2v) is 4.24. The van der Waals surface area contributed by atoms with Crippen molar-refractivity contribution in [3.05, 3.63) is 71.5 Å². The molecule has 0 aliphatic carbocycles. The zero-order valence-corrected chi connectivity index (χ0v) is 10.3. The largest absolute Gasteiger partial charge is 0.293 e. The highest BCUT2D eigenvalue weighted by molar-refractivity contribution is 6.00. The van der Waals surface area contributed by atoms with E-state index in [0.717, 1.165) is 5.56 Å². The number of Topliss-reactive ketones (excluding diaryl/α,β-unsaturated/α-hetero) is 1. The Morgan fingerprint density at radius 2 is 1.67 bits per heavy atom. The summed E-state index contributed by atoms with van der Waals surface area (Å²) >= 11 is 0. The molecule has 0 spiro atoms. The second kappa shape index (κ2) is 5.58. The Hall–Kier alpha value is -1.96. The molecule has 0 bridgehead atoms. The summed E-state index contributed by atoms with van der Waals surface area (Å²) in [6.07, 6.45) is 0.708. The van der Waals surface area contributed by atoms with Crippen LogP contribution in [-0.4, -0.2) is 5.78 Å². The third-order valence-electron chi connectivity index (χ3n) is 3.06. The van der Waals surface area contributed by atoms with Crippen LogP contribution >= 0.6 is 0 Å². The molecular weight excluding hydrogens is 227 g/mol. The molecule has 0 radical (unpaired) electrons. The molecule has 18 heavy (non-hydrogen) atoms. The van der Waals surface area contributed by atoms with Gasteiger partial charge in [-0.25, -0.2) is 4.39 Å². The lowest BCUT2D eigenvalue weighted by Crippen LogP contribution is -2.12. The van der Waals surface area contributed by atoms with E-state index < -0.39 is 0 Å². The molecule has 2 heteroatoms. The number of benzene rings is 2. The number of ketones is 1. The maximum absolute atomic E-state index is 12.9. The number of carbonyl (C=O) groups excluding carboxylic acids is 1. The molecule has 2 rings (SSSR count). The first kappa shape index (κ1) is 12.5. The van der Waals surface area contributed by atoms with Gasteiger partial charge in [0.1, 0.15) is 5.82 Å². The van der Waals surface area contributed by atoms with Crippen molar-refractivity contribution in [1.82, 2.24) is 0 Å². The predicted octanol–water partition coefficient (Wildman–Crippen LogP) is 4.20. The average molecular weight is 242 g/mol. The first-order valence-corrected chi connectivity index (χ1v) is 6.07. The van der Waals surface area contributed by atoms with Gasteiger partial charge in [-0.2, -0.15) is 0 Å². The van der Waals surface area contributed by atoms with Gasteiger partial charge in [0.05, 0.1) is 0 Å². The van der Waals surface area contributed by atoms with Crippen LogP contribution < -0.4 is 0 Å². The van der Waals surface area contributed by atoms with Gasteiger partial charge >= 0.3 is 0 Å². The minimum Gasteiger partial charge on any atom is -0.293 e. The lowest BCUT2D eigenvalue weighted by Gasteiger charge is -2.14. The molecule has 0 saturated carbocycles. The van der Waals surface area contributed by atoms with Gasteiger partial charge in [0.15, 0.2) is 5.78 Å². The zero-order valence-electron chi connectivity index (χ0n) is 10.3. The van der Waals surface area contributed by atoms with Gasteiger partial charge in [0, 0.05) is 11.5 Å². The van der Waals surface area contributed by atoms with Crippen LogP contribution in [0.5, 0.6) is 0 Å². The van der Waals surface area contributed by atoms with Crippen LogP contribution in [-0.2, 0) is 0 Å².